The van der Waals surface area contributed by atoms with Crippen molar-refractivity contribution in [1.29, 1.82) is 0 Å². The molecule has 27 heavy (non-hydrogen) atoms. The van der Waals surface area contributed by atoms with Gasteiger partial charge in [-0.2, -0.15) is 4.31 Å². The van der Waals surface area contributed by atoms with E-state index in [-0.39, 0.29) is 6.04 Å². The van der Waals surface area contributed by atoms with Crippen LogP contribution < -0.4 is 4.90 Å². The molecule has 0 N–H and O–H groups in total. The van der Waals surface area contributed by atoms with E-state index in [1.54, 1.807) is 10.4 Å². The van der Waals surface area contributed by atoms with Crippen molar-refractivity contribution >= 4 is 32.2 Å². The van der Waals surface area contributed by atoms with Gasteiger partial charge in [0.15, 0.2) is 0 Å². The fourth-order valence-corrected chi connectivity index (χ4v) is 5.78. The summed E-state index contributed by atoms with van der Waals surface area (Å²) < 4.78 is 28.1. The number of sulfonamides is 1. The Morgan fingerprint density at radius 1 is 0.963 bits per heavy atom. The van der Waals surface area contributed by atoms with Gasteiger partial charge >= 0.3 is 0 Å². The lowest BCUT2D eigenvalue weighted by molar-refractivity contribution is 0.409. The van der Waals surface area contributed by atoms with Crippen molar-refractivity contribution in [3.8, 4) is 0 Å². The third-order valence-electron chi connectivity index (χ3n) is 5.43. The van der Waals surface area contributed by atoms with Crippen LogP contribution in [0.4, 0.5) is 11.4 Å². The van der Waals surface area contributed by atoms with Gasteiger partial charge in [0.05, 0.1) is 4.90 Å². The van der Waals surface area contributed by atoms with Gasteiger partial charge < -0.3 is 4.90 Å². The maximum atomic E-state index is 13.2. The van der Waals surface area contributed by atoms with Crippen LogP contribution in [0, 0.1) is 0 Å². The molecule has 140 valence electrons. The van der Waals surface area contributed by atoms with Gasteiger partial charge in [-0.05, 0) is 55.5 Å². The molecule has 0 radical (unpaired) electrons. The van der Waals surface area contributed by atoms with E-state index in [1.807, 2.05) is 56.4 Å². The highest BCUT2D eigenvalue weighted by Gasteiger charge is 2.33. The van der Waals surface area contributed by atoms with E-state index in [4.69, 9.17) is 0 Å². The molecular weight excluding hydrogens is 356 g/mol. The Bertz CT molecular complexity index is 1060. The van der Waals surface area contributed by atoms with Crippen molar-refractivity contribution in [3.63, 3.8) is 0 Å². The van der Waals surface area contributed by atoms with E-state index in [9.17, 15) is 8.42 Å². The molecule has 0 aliphatic carbocycles. The zero-order valence-corrected chi connectivity index (χ0v) is 16.5. The van der Waals surface area contributed by atoms with Crippen LogP contribution in [0.15, 0.2) is 71.6 Å². The summed E-state index contributed by atoms with van der Waals surface area (Å²) in [6.07, 6.45) is 1.85. The van der Waals surface area contributed by atoms with Gasteiger partial charge in [0.2, 0.25) is 10.0 Å². The molecule has 1 heterocycles. The van der Waals surface area contributed by atoms with Crippen molar-refractivity contribution in [3.05, 3.63) is 66.7 Å². The number of rotatable bonds is 4. The number of nitrogens with zero attached hydrogens (tertiary/aromatic N) is 2. The molecule has 4 rings (SSSR count). The quantitative estimate of drug-likeness (QED) is 0.654. The van der Waals surface area contributed by atoms with E-state index in [0.29, 0.717) is 11.4 Å². The largest absolute Gasteiger partial charge is 0.345 e. The zero-order valence-electron chi connectivity index (χ0n) is 15.7. The SMILES string of the molecule is CC1CCCN1S(=O)(=O)c1cccc2cc(N(C)c3ccccc3)ccc12. The standard InChI is InChI=1S/C22H24N2O2S/c1-17-8-7-15-24(17)27(25,26)22-12-6-9-18-16-20(13-14-21(18)22)23(2)19-10-4-3-5-11-19/h3-6,9-14,16-17H,7-8,15H2,1-2H3. The average molecular weight is 381 g/mol. The fourth-order valence-electron chi connectivity index (χ4n) is 3.87. The second-order valence-corrected chi connectivity index (χ2v) is 9.02. The van der Waals surface area contributed by atoms with Crippen molar-refractivity contribution in [2.45, 2.75) is 30.7 Å². The normalized spacial score (nSPS) is 18.1. The fraction of sp³-hybridized carbons (Fsp3) is 0.273. The Morgan fingerprint density at radius 2 is 1.74 bits per heavy atom. The lowest BCUT2D eigenvalue weighted by Crippen LogP contribution is -2.33. The van der Waals surface area contributed by atoms with E-state index in [1.165, 1.54) is 0 Å². The minimum Gasteiger partial charge on any atom is -0.345 e. The van der Waals surface area contributed by atoms with Crippen molar-refractivity contribution in [2.24, 2.45) is 0 Å². The predicted molar refractivity (Wildman–Crippen MR) is 111 cm³/mol. The molecule has 0 spiro atoms. The van der Waals surface area contributed by atoms with Gasteiger partial charge in [0.25, 0.3) is 0 Å². The number of fused-ring (bicyclic) bond motifs is 1. The molecule has 0 saturated carbocycles. The summed E-state index contributed by atoms with van der Waals surface area (Å²) in [5, 5.41) is 1.71. The monoisotopic (exact) mass is 380 g/mol. The molecule has 1 unspecified atom stereocenters. The molecule has 1 fully saturated rings. The minimum atomic E-state index is -3.48. The zero-order chi connectivity index (χ0) is 19.0. The summed E-state index contributed by atoms with van der Waals surface area (Å²) in [6.45, 7) is 2.59. The Kier molecular flexibility index (Phi) is 4.66. The van der Waals surface area contributed by atoms with Crippen LogP contribution in [-0.4, -0.2) is 32.4 Å². The number of anilines is 2. The third kappa shape index (κ3) is 3.22. The maximum absolute atomic E-state index is 13.2. The molecule has 0 bridgehead atoms. The van der Waals surface area contributed by atoms with Crippen LogP contribution >= 0.6 is 0 Å². The first-order valence-corrected chi connectivity index (χ1v) is 10.8. The highest BCUT2D eigenvalue weighted by Crippen LogP contribution is 2.33. The second kappa shape index (κ2) is 6.98. The molecule has 3 aromatic rings. The number of para-hydroxylation sites is 1. The Balaban J connectivity index is 1.77. The molecule has 1 aliphatic heterocycles. The molecule has 1 saturated heterocycles. The molecule has 1 aliphatic rings. The van der Waals surface area contributed by atoms with Crippen LogP contribution in [0.1, 0.15) is 19.8 Å². The second-order valence-electron chi connectivity index (χ2n) is 7.16. The van der Waals surface area contributed by atoms with Crippen LogP contribution in [0.25, 0.3) is 10.8 Å². The van der Waals surface area contributed by atoms with Gasteiger partial charge in [-0.1, -0.05) is 36.4 Å². The summed E-state index contributed by atoms with van der Waals surface area (Å²) in [5.41, 5.74) is 2.12. The van der Waals surface area contributed by atoms with Crippen molar-refractivity contribution in [2.75, 3.05) is 18.5 Å². The maximum Gasteiger partial charge on any atom is 0.243 e. The number of hydrogen-bond donors (Lipinski definition) is 0. The molecule has 3 aromatic carbocycles. The van der Waals surface area contributed by atoms with Gasteiger partial charge in [0, 0.05) is 36.4 Å². The van der Waals surface area contributed by atoms with Gasteiger partial charge in [-0.3, -0.25) is 0 Å². The van der Waals surface area contributed by atoms with Crippen LogP contribution in [0.3, 0.4) is 0 Å². The minimum absolute atomic E-state index is 0.0637. The van der Waals surface area contributed by atoms with Gasteiger partial charge in [0.1, 0.15) is 0 Å². The Hall–Kier alpha value is -2.37. The smallest absolute Gasteiger partial charge is 0.243 e. The first kappa shape index (κ1) is 18.0. The molecule has 1 atom stereocenters. The Labute approximate surface area is 161 Å². The molecule has 4 nitrogen and oxygen atoms in total. The van der Waals surface area contributed by atoms with E-state index < -0.39 is 10.0 Å². The van der Waals surface area contributed by atoms with E-state index in [0.717, 1.165) is 35.0 Å². The van der Waals surface area contributed by atoms with Crippen molar-refractivity contribution < 1.29 is 8.42 Å². The summed E-state index contributed by atoms with van der Waals surface area (Å²) in [7, 11) is -1.46. The van der Waals surface area contributed by atoms with Gasteiger partial charge in [-0.15, -0.1) is 0 Å². The molecule has 0 amide bonds. The van der Waals surface area contributed by atoms with Gasteiger partial charge in [-0.25, -0.2) is 8.42 Å². The molecular formula is C22H24N2O2S. The first-order valence-electron chi connectivity index (χ1n) is 9.32. The number of hydrogen-bond acceptors (Lipinski definition) is 3. The topological polar surface area (TPSA) is 40.6 Å². The summed E-state index contributed by atoms with van der Waals surface area (Å²) in [5.74, 6) is 0. The third-order valence-corrected chi connectivity index (χ3v) is 7.51. The molecule has 0 aromatic heterocycles. The molecule has 5 heteroatoms. The first-order chi connectivity index (χ1) is 13.0. The van der Waals surface area contributed by atoms with E-state index in [2.05, 4.69) is 23.1 Å². The predicted octanol–water partition coefficient (Wildman–Crippen LogP) is 4.78. The summed E-state index contributed by atoms with van der Waals surface area (Å²) in [6, 6.07) is 21.7. The van der Waals surface area contributed by atoms with Crippen molar-refractivity contribution in [1.82, 2.24) is 4.31 Å². The van der Waals surface area contributed by atoms with Crippen LogP contribution in [-0.2, 0) is 10.0 Å². The highest BCUT2D eigenvalue weighted by atomic mass is 32.2. The highest BCUT2D eigenvalue weighted by molar-refractivity contribution is 7.89. The van der Waals surface area contributed by atoms with Crippen LogP contribution in [0.5, 0.6) is 0 Å². The number of benzene rings is 3. The lowest BCUT2D eigenvalue weighted by atomic mass is 10.1. The van der Waals surface area contributed by atoms with E-state index >= 15 is 0 Å². The Morgan fingerprint density at radius 3 is 2.44 bits per heavy atom. The lowest BCUT2D eigenvalue weighted by Gasteiger charge is -2.23. The van der Waals surface area contributed by atoms with Crippen LogP contribution in [0.2, 0.25) is 0 Å². The summed E-state index contributed by atoms with van der Waals surface area (Å²) >= 11 is 0. The average Bonchev–Trinajstić information content (AvgIpc) is 3.14. The summed E-state index contributed by atoms with van der Waals surface area (Å²) in [4.78, 5) is 2.51.